The number of nitrogens with one attached hydrogen (secondary N) is 1. The number of rotatable bonds is 8. The summed E-state index contributed by atoms with van der Waals surface area (Å²) in [6, 6.07) is 4.33. The fraction of sp³-hybridized carbons (Fsp3) is 0.588. The van der Waals surface area contributed by atoms with Gasteiger partial charge in [-0.15, -0.1) is 6.42 Å². The van der Waals surface area contributed by atoms with Gasteiger partial charge in [0, 0.05) is 18.8 Å². The smallest absolute Gasteiger partial charge is 0.129 e. The second-order valence-electron chi connectivity index (χ2n) is 5.68. The van der Waals surface area contributed by atoms with Crippen LogP contribution in [-0.4, -0.2) is 24.6 Å². The Morgan fingerprint density at radius 3 is 2.90 bits per heavy atom. The molecule has 2 rings (SSSR count). The largest absolute Gasteiger partial charge is 0.345 e. The van der Waals surface area contributed by atoms with E-state index in [0.29, 0.717) is 6.54 Å². The number of hydrogen-bond donors (Lipinski definition) is 1. The molecule has 1 aliphatic rings. The molecule has 1 N–H and O–H groups in total. The van der Waals surface area contributed by atoms with E-state index in [0.717, 1.165) is 43.5 Å². The first-order chi connectivity index (χ1) is 9.72. The van der Waals surface area contributed by atoms with Gasteiger partial charge < -0.3 is 10.2 Å². The molecule has 3 nitrogen and oxygen atoms in total. The minimum absolute atomic E-state index is 0.648. The van der Waals surface area contributed by atoms with E-state index in [1.54, 1.807) is 0 Å². The third-order valence-electron chi connectivity index (χ3n) is 3.54. The fourth-order valence-corrected chi connectivity index (χ4v) is 2.36. The maximum atomic E-state index is 5.51. The van der Waals surface area contributed by atoms with E-state index in [2.05, 4.69) is 47.1 Å². The van der Waals surface area contributed by atoms with Crippen LogP contribution in [0, 0.1) is 25.2 Å². The average Bonchev–Trinajstić information content (AvgIpc) is 3.22. The van der Waals surface area contributed by atoms with Crippen LogP contribution < -0.4 is 10.2 Å². The molecule has 1 aromatic heterocycles. The highest BCUT2D eigenvalue weighted by Gasteiger charge is 2.24. The normalized spacial score (nSPS) is 14.1. The molecule has 0 amide bonds. The van der Waals surface area contributed by atoms with Crippen LogP contribution in [0.1, 0.15) is 37.4 Å². The Bertz CT molecular complexity index is 472. The van der Waals surface area contributed by atoms with Crippen LogP contribution in [0.25, 0.3) is 0 Å². The van der Waals surface area contributed by atoms with Crippen molar-refractivity contribution in [2.45, 2.75) is 39.7 Å². The topological polar surface area (TPSA) is 28.2 Å². The van der Waals surface area contributed by atoms with Crippen molar-refractivity contribution >= 4 is 5.82 Å². The SMILES string of the molecule is C#CCN(CC1CC1)c1cc(CNCCC)cc(C)n1. The Morgan fingerprint density at radius 1 is 1.45 bits per heavy atom. The highest BCUT2D eigenvalue weighted by molar-refractivity contribution is 5.44. The van der Waals surface area contributed by atoms with Crippen molar-refractivity contribution < 1.29 is 0 Å². The van der Waals surface area contributed by atoms with E-state index in [4.69, 9.17) is 6.42 Å². The van der Waals surface area contributed by atoms with E-state index >= 15 is 0 Å². The Morgan fingerprint density at radius 2 is 2.25 bits per heavy atom. The lowest BCUT2D eigenvalue weighted by Gasteiger charge is -2.22. The molecule has 20 heavy (non-hydrogen) atoms. The summed E-state index contributed by atoms with van der Waals surface area (Å²) in [7, 11) is 0. The molecule has 0 saturated heterocycles. The van der Waals surface area contributed by atoms with Crippen molar-refractivity contribution in [1.29, 1.82) is 0 Å². The van der Waals surface area contributed by atoms with E-state index in [-0.39, 0.29) is 0 Å². The predicted molar refractivity (Wildman–Crippen MR) is 84.7 cm³/mol. The van der Waals surface area contributed by atoms with Gasteiger partial charge in [-0.3, -0.25) is 0 Å². The summed E-state index contributed by atoms with van der Waals surface area (Å²) in [6.45, 7) is 7.88. The minimum atomic E-state index is 0.648. The van der Waals surface area contributed by atoms with Crippen molar-refractivity contribution in [3.8, 4) is 12.3 Å². The van der Waals surface area contributed by atoms with E-state index in [1.165, 1.54) is 18.4 Å². The number of terminal acetylenes is 1. The van der Waals surface area contributed by atoms with E-state index < -0.39 is 0 Å². The zero-order valence-electron chi connectivity index (χ0n) is 12.7. The van der Waals surface area contributed by atoms with Gasteiger partial charge in [-0.25, -0.2) is 4.98 Å². The zero-order valence-corrected chi connectivity index (χ0v) is 12.7. The van der Waals surface area contributed by atoms with Gasteiger partial charge in [0.25, 0.3) is 0 Å². The molecule has 0 unspecified atom stereocenters. The molecule has 1 aromatic rings. The fourth-order valence-electron chi connectivity index (χ4n) is 2.36. The van der Waals surface area contributed by atoms with Crippen LogP contribution in [0.15, 0.2) is 12.1 Å². The monoisotopic (exact) mass is 271 g/mol. The molecule has 0 radical (unpaired) electrons. The molecule has 1 heterocycles. The van der Waals surface area contributed by atoms with Gasteiger partial charge in [-0.1, -0.05) is 12.8 Å². The van der Waals surface area contributed by atoms with Crippen molar-refractivity contribution in [1.82, 2.24) is 10.3 Å². The van der Waals surface area contributed by atoms with Crippen LogP contribution in [0.4, 0.5) is 5.82 Å². The second-order valence-corrected chi connectivity index (χ2v) is 5.68. The molecule has 0 bridgehead atoms. The lowest BCUT2D eigenvalue weighted by molar-refractivity contribution is 0.673. The maximum absolute atomic E-state index is 5.51. The molecule has 108 valence electrons. The average molecular weight is 271 g/mol. The molecule has 1 aliphatic carbocycles. The highest BCUT2D eigenvalue weighted by Crippen LogP contribution is 2.31. The summed E-state index contributed by atoms with van der Waals surface area (Å²) in [6.07, 6.45) is 9.32. The van der Waals surface area contributed by atoms with Crippen LogP contribution in [0.2, 0.25) is 0 Å². The maximum Gasteiger partial charge on any atom is 0.129 e. The van der Waals surface area contributed by atoms with Crippen molar-refractivity contribution in [2.24, 2.45) is 5.92 Å². The minimum Gasteiger partial charge on any atom is -0.345 e. The van der Waals surface area contributed by atoms with Crippen molar-refractivity contribution in [3.63, 3.8) is 0 Å². The first kappa shape index (κ1) is 14.9. The van der Waals surface area contributed by atoms with Gasteiger partial charge in [0.2, 0.25) is 0 Å². The number of anilines is 1. The van der Waals surface area contributed by atoms with Gasteiger partial charge in [0.15, 0.2) is 0 Å². The molecule has 1 fully saturated rings. The van der Waals surface area contributed by atoms with E-state index in [1.807, 2.05) is 0 Å². The van der Waals surface area contributed by atoms with Crippen LogP contribution in [0.5, 0.6) is 0 Å². The van der Waals surface area contributed by atoms with Gasteiger partial charge >= 0.3 is 0 Å². The van der Waals surface area contributed by atoms with Crippen LogP contribution in [0.3, 0.4) is 0 Å². The summed E-state index contributed by atoms with van der Waals surface area (Å²) in [5.41, 5.74) is 2.35. The first-order valence-electron chi connectivity index (χ1n) is 7.59. The van der Waals surface area contributed by atoms with Crippen LogP contribution in [-0.2, 0) is 6.54 Å². The Labute approximate surface area is 122 Å². The third kappa shape index (κ3) is 4.54. The molecular formula is C17H25N3. The zero-order chi connectivity index (χ0) is 14.4. The summed E-state index contributed by atoms with van der Waals surface area (Å²) in [4.78, 5) is 6.91. The molecule has 0 aliphatic heterocycles. The lowest BCUT2D eigenvalue weighted by atomic mass is 10.2. The van der Waals surface area contributed by atoms with E-state index in [9.17, 15) is 0 Å². The Balaban J connectivity index is 2.09. The van der Waals surface area contributed by atoms with Crippen molar-refractivity contribution in [2.75, 3.05) is 24.5 Å². The van der Waals surface area contributed by atoms with Gasteiger partial charge in [0.05, 0.1) is 6.54 Å². The van der Waals surface area contributed by atoms with Crippen molar-refractivity contribution in [3.05, 3.63) is 23.4 Å². The molecular weight excluding hydrogens is 246 g/mol. The molecule has 3 heteroatoms. The second kappa shape index (κ2) is 7.31. The summed E-state index contributed by atoms with van der Waals surface area (Å²) < 4.78 is 0. The third-order valence-corrected chi connectivity index (χ3v) is 3.54. The summed E-state index contributed by atoms with van der Waals surface area (Å²) in [5, 5.41) is 3.44. The summed E-state index contributed by atoms with van der Waals surface area (Å²) in [5.74, 6) is 4.60. The lowest BCUT2D eigenvalue weighted by Crippen LogP contribution is -2.27. The number of aromatic nitrogens is 1. The predicted octanol–water partition coefficient (Wildman–Crippen LogP) is 2.74. The number of aryl methyl sites for hydroxylation is 1. The quantitative estimate of drug-likeness (QED) is 0.582. The Kier molecular flexibility index (Phi) is 5.43. The number of hydrogen-bond acceptors (Lipinski definition) is 3. The number of nitrogens with zero attached hydrogens (tertiary/aromatic N) is 2. The van der Waals surface area contributed by atoms with Gasteiger partial charge in [-0.05, 0) is 56.3 Å². The molecule has 0 aromatic carbocycles. The Hall–Kier alpha value is -1.53. The molecule has 0 atom stereocenters. The van der Waals surface area contributed by atoms with Gasteiger partial charge in [0.1, 0.15) is 5.82 Å². The first-order valence-corrected chi connectivity index (χ1v) is 7.59. The van der Waals surface area contributed by atoms with Crippen LogP contribution >= 0.6 is 0 Å². The highest BCUT2D eigenvalue weighted by atomic mass is 15.2. The standard InChI is InChI=1S/C17H25N3/c1-4-8-18-12-16-10-14(3)19-17(11-16)20(9-5-2)13-15-6-7-15/h2,10-11,15,18H,4,6-9,12-13H2,1,3H3. The molecule has 1 saturated carbocycles. The summed E-state index contributed by atoms with van der Waals surface area (Å²) >= 11 is 0. The number of pyridine rings is 1. The molecule has 0 spiro atoms. The van der Waals surface area contributed by atoms with Gasteiger partial charge in [-0.2, -0.15) is 0 Å².